The first-order valence-corrected chi connectivity index (χ1v) is 10.6. The molecule has 0 unspecified atom stereocenters. The van der Waals surface area contributed by atoms with Crippen LogP contribution in [-0.4, -0.2) is 33.8 Å². The molecule has 0 saturated carbocycles. The van der Waals surface area contributed by atoms with Gasteiger partial charge < -0.3 is 20.9 Å². The highest BCUT2D eigenvalue weighted by Crippen LogP contribution is 2.31. The van der Waals surface area contributed by atoms with E-state index in [9.17, 15) is 18.0 Å². The number of hydrogen-bond donors (Lipinski definition) is 2. The third-order valence-corrected chi connectivity index (χ3v) is 6.10. The summed E-state index contributed by atoms with van der Waals surface area (Å²) in [6.07, 6.45) is 0.767. The van der Waals surface area contributed by atoms with E-state index in [0.29, 0.717) is 17.3 Å². The third kappa shape index (κ3) is 4.41. The molecule has 0 radical (unpaired) electrons. The lowest BCUT2D eigenvalue weighted by molar-refractivity contribution is -0.0926. The number of fused-ring (bicyclic) bond motifs is 3. The van der Waals surface area contributed by atoms with Crippen molar-refractivity contribution < 1.29 is 13.2 Å². The minimum Gasteiger partial charge on any atom is -0.398 e. The molecule has 1 aromatic carbocycles. The Kier molecular flexibility index (Phi) is 5.84. The van der Waals surface area contributed by atoms with Crippen molar-refractivity contribution in [1.82, 2.24) is 14.0 Å². The molecule has 3 heterocycles. The van der Waals surface area contributed by atoms with Crippen molar-refractivity contribution in [3.63, 3.8) is 0 Å². The Morgan fingerprint density at radius 3 is 2.55 bits per heavy atom. The van der Waals surface area contributed by atoms with Crippen LogP contribution in [0.15, 0.2) is 59.2 Å². The molecule has 0 fully saturated rings. The smallest absolute Gasteiger partial charge is 0.398 e. The van der Waals surface area contributed by atoms with Crippen LogP contribution in [0.4, 0.5) is 13.2 Å². The van der Waals surface area contributed by atoms with Crippen LogP contribution in [-0.2, 0) is 20.0 Å². The molecular formula is C24H26F3N5O. The minimum atomic E-state index is -4.64. The fourth-order valence-electron chi connectivity index (χ4n) is 4.31. The Bertz CT molecular complexity index is 1330. The van der Waals surface area contributed by atoms with Gasteiger partial charge in [0.2, 0.25) is 0 Å². The van der Waals surface area contributed by atoms with Crippen LogP contribution in [0.1, 0.15) is 23.2 Å². The quantitative estimate of drug-likeness (QED) is 0.591. The molecule has 3 aromatic rings. The molecule has 4 N–H and O–H groups in total. The van der Waals surface area contributed by atoms with Gasteiger partial charge in [-0.15, -0.1) is 0 Å². The van der Waals surface area contributed by atoms with Crippen molar-refractivity contribution in [2.75, 3.05) is 13.6 Å². The number of hydrogen-bond acceptors (Lipinski definition) is 4. The summed E-state index contributed by atoms with van der Waals surface area (Å²) in [6, 6.07) is 8.81. The summed E-state index contributed by atoms with van der Waals surface area (Å²) in [5, 5.41) is 1.18. The largest absolute Gasteiger partial charge is 0.430 e. The van der Waals surface area contributed by atoms with E-state index in [1.807, 2.05) is 25.2 Å². The number of rotatable bonds is 3. The lowest BCUT2D eigenvalue weighted by Crippen LogP contribution is -2.19. The number of benzene rings is 1. The molecule has 0 atom stereocenters. The van der Waals surface area contributed by atoms with Gasteiger partial charge >= 0.3 is 6.18 Å². The zero-order valence-electron chi connectivity index (χ0n) is 18.5. The first-order valence-electron chi connectivity index (χ1n) is 10.6. The average Bonchev–Trinajstić information content (AvgIpc) is 2.89. The molecule has 0 spiro atoms. The Balaban J connectivity index is 1.70. The van der Waals surface area contributed by atoms with Gasteiger partial charge in [0.05, 0.1) is 11.2 Å². The maximum Gasteiger partial charge on any atom is 0.430 e. The van der Waals surface area contributed by atoms with Gasteiger partial charge in [-0.1, -0.05) is 6.07 Å². The fourth-order valence-corrected chi connectivity index (χ4v) is 4.31. The molecule has 1 aliphatic rings. The molecule has 6 nitrogen and oxygen atoms in total. The summed E-state index contributed by atoms with van der Waals surface area (Å²) >= 11 is 0. The zero-order chi connectivity index (χ0) is 23.9. The van der Waals surface area contributed by atoms with Crippen molar-refractivity contribution in [3.8, 4) is 5.69 Å². The van der Waals surface area contributed by atoms with Crippen LogP contribution in [0.3, 0.4) is 0 Å². The van der Waals surface area contributed by atoms with Gasteiger partial charge in [0.25, 0.3) is 5.56 Å². The normalized spacial score (nSPS) is 16.2. The molecular weight excluding hydrogens is 431 g/mol. The van der Waals surface area contributed by atoms with E-state index in [1.165, 1.54) is 27.3 Å². The number of halogens is 3. The number of nitrogens with two attached hydrogens (primary N) is 2. The number of nitrogens with zero attached hydrogens (tertiary/aromatic N) is 3. The van der Waals surface area contributed by atoms with E-state index in [4.69, 9.17) is 11.5 Å². The standard InChI is InChI=1S/C24H26F3N5O/c1-30-10-3-4-20-18(14-30)17-6-5-16(13-21(17)31(20)2)32-11-9-15(12-23(32)33)19(28)7-8-22(29)24(25,26)27/h5-9,11-13H,3-4,10,14,28-29H2,1-2H3/b19-7-,22-8-. The molecule has 0 amide bonds. The van der Waals surface area contributed by atoms with Crippen LogP contribution in [0.25, 0.3) is 22.3 Å². The molecule has 2 aromatic heterocycles. The van der Waals surface area contributed by atoms with E-state index < -0.39 is 11.9 Å². The highest BCUT2D eigenvalue weighted by Gasteiger charge is 2.30. The lowest BCUT2D eigenvalue weighted by atomic mass is 10.1. The summed E-state index contributed by atoms with van der Waals surface area (Å²) in [6.45, 7) is 1.95. The van der Waals surface area contributed by atoms with E-state index in [1.54, 1.807) is 12.3 Å². The molecule has 0 bridgehead atoms. The molecule has 9 heteroatoms. The maximum atomic E-state index is 12.8. The Morgan fingerprint density at radius 1 is 1.09 bits per heavy atom. The minimum absolute atomic E-state index is 0.0113. The van der Waals surface area contributed by atoms with Crippen molar-refractivity contribution in [1.29, 1.82) is 0 Å². The topological polar surface area (TPSA) is 82.2 Å². The molecule has 0 aliphatic carbocycles. The SMILES string of the molecule is CN1CCCc2c(c3ccc(-n4ccc(/C(N)=C/C=C(\N)C(F)(F)F)cc4=O)cc3n2C)C1. The Hall–Kier alpha value is -3.46. The summed E-state index contributed by atoms with van der Waals surface area (Å²) in [7, 11) is 4.17. The number of aromatic nitrogens is 2. The van der Waals surface area contributed by atoms with Gasteiger partial charge in [0.1, 0.15) is 5.70 Å². The van der Waals surface area contributed by atoms with Gasteiger partial charge in [-0.05, 0) is 62.3 Å². The summed E-state index contributed by atoms with van der Waals surface area (Å²) in [5.41, 5.74) is 14.0. The van der Waals surface area contributed by atoms with Gasteiger partial charge in [-0.2, -0.15) is 13.2 Å². The Labute approximate surface area is 189 Å². The second-order valence-corrected chi connectivity index (χ2v) is 8.39. The predicted molar refractivity (Wildman–Crippen MR) is 124 cm³/mol. The number of aryl methyl sites for hydroxylation is 1. The van der Waals surface area contributed by atoms with Crippen LogP contribution < -0.4 is 17.0 Å². The van der Waals surface area contributed by atoms with Crippen LogP contribution in [0.2, 0.25) is 0 Å². The van der Waals surface area contributed by atoms with Crippen molar-refractivity contribution >= 4 is 16.6 Å². The molecule has 174 valence electrons. The third-order valence-electron chi connectivity index (χ3n) is 6.10. The lowest BCUT2D eigenvalue weighted by Gasteiger charge is -2.13. The van der Waals surface area contributed by atoms with Crippen LogP contribution >= 0.6 is 0 Å². The van der Waals surface area contributed by atoms with E-state index in [2.05, 4.69) is 16.5 Å². The summed E-state index contributed by atoms with van der Waals surface area (Å²) in [5.74, 6) is 0. The van der Waals surface area contributed by atoms with Crippen LogP contribution in [0, 0.1) is 0 Å². The monoisotopic (exact) mass is 457 g/mol. The number of pyridine rings is 1. The first-order chi connectivity index (χ1) is 15.6. The second kappa shape index (κ2) is 8.47. The van der Waals surface area contributed by atoms with Crippen molar-refractivity contribution in [2.45, 2.75) is 25.6 Å². The molecule has 1 aliphatic heterocycles. The first kappa shape index (κ1) is 22.7. The van der Waals surface area contributed by atoms with E-state index >= 15 is 0 Å². The molecule has 33 heavy (non-hydrogen) atoms. The fraction of sp³-hybridized carbons (Fsp3) is 0.292. The highest BCUT2D eigenvalue weighted by atomic mass is 19.4. The maximum absolute atomic E-state index is 12.8. The van der Waals surface area contributed by atoms with E-state index in [-0.39, 0.29) is 11.3 Å². The van der Waals surface area contributed by atoms with Gasteiger partial charge in [0, 0.05) is 48.2 Å². The summed E-state index contributed by atoms with van der Waals surface area (Å²) in [4.78, 5) is 15.1. The zero-order valence-corrected chi connectivity index (χ0v) is 18.5. The van der Waals surface area contributed by atoms with Gasteiger partial charge in [0.15, 0.2) is 0 Å². The molecule has 0 saturated heterocycles. The van der Waals surface area contributed by atoms with Crippen molar-refractivity contribution in [3.05, 3.63) is 81.6 Å². The second-order valence-electron chi connectivity index (χ2n) is 8.39. The summed E-state index contributed by atoms with van der Waals surface area (Å²) < 4.78 is 41.3. The average molecular weight is 458 g/mol. The van der Waals surface area contributed by atoms with E-state index in [0.717, 1.165) is 37.5 Å². The number of alkyl halides is 3. The van der Waals surface area contributed by atoms with Crippen molar-refractivity contribution in [2.24, 2.45) is 18.5 Å². The highest BCUT2D eigenvalue weighted by molar-refractivity contribution is 5.87. The number of allylic oxidation sites excluding steroid dienone is 3. The van der Waals surface area contributed by atoms with Gasteiger partial charge in [-0.25, -0.2) is 0 Å². The van der Waals surface area contributed by atoms with Crippen LogP contribution in [0.5, 0.6) is 0 Å². The molecule has 4 rings (SSSR count). The Morgan fingerprint density at radius 2 is 1.85 bits per heavy atom. The van der Waals surface area contributed by atoms with Gasteiger partial charge in [-0.3, -0.25) is 9.36 Å². The predicted octanol–water partition coefficient (Wildman–Crippen LogP) is 3.41.